The zero-order valence-corrected chi connectivity index (χ0v) is 14.1. The fourth-order valence-corrected chi connectivity index (χ4v) is 2.63. The third-order valence-corrected chi connectivity index (χ3v) is 4.00. The maximum atomic E-state index is 11.8. The van der Waals surface area contributed by atoms with Gasteiger partial charge in [0.2, 0.25) is 0 Å². The summed E-state index contributed by atoms with van der Waals surface area (Å²) >= 11 is 0. The molecule has 0 aliphatic carbocycles. The predicted molar refractivity (Wildman–Crippen MR) is 90.2 cm³/mol. The molecule has 4 nitrogen and oxygen atoms in total. The van der Waals surface area contributed by atoms with E-state index in [4.69, 9.17) is 15.2 Å². The second-order valence-electron chi connectivity index (χ2n) is 5.87. The van der Waals surface area contributed by atoms with Crippen molar-refractivity contribution < 1.29 is 14.3 Å². The topological polar surface area (TPSA) is 61.5 Å². The van der Waals surface area contributed by atoms with E-state index >= 15 is 0 Å². The van der Waals surface area contributed by atoms with Crippen molar-refractivity contribution in [3.63, 3.8) is 0 Å². The molecule has 1 atom stereocenters. The van der Waals surface area contributed by atoms with Crippen molar-refractivity contribution in [3.8, 4) is 5.75 Å². The molecule has 0 spiro atoms. The first-order valence-corrected chi connectivity index (χ1v) is 7.51. The minimum absolute atomic E-state index is 0.339. The fourth-order valence-electron chi connectivity index (χ4n) is 2.63. The Hall–Kier alpha value is -2.33. The second-order valence-corrected chi connectivity index (χ2v) is 5.87. The molecule has 1 unspecified atom stereocenters. The third-order valence-electron chi connectivity index (χ3n) is 4.00. The van der Waals surface area contributed by atoms with Crippen LogP contribution in [0.3, 0.4) is 0 Å². The average Bonchev–Trinajstić information content (AvgIpc) is 2.51. The van der Waals surface area contributed by atoms with Gasteiger partial charge in [0.05, 0.1) is 0 Å². The highest BCUT2D eigenvalue weighted by atomic mass is 16.5. The van der Waals surface area contributed by atoms with Gasteiger partial charge in [0.25, 0.3) is 5.91 Å². The Balaban J connectivity index is 2.29. The molecule has 4 heteroatoms. The SMILES string of the molecule is COC(C)(C(N)=O)c1ccccc1COc1cc(C)cc(C)c1. The number of hydrogen-bond donors (Lipinski definition) is 1. The number of methoxy groups -OCH3 is 1. The summed E-state index contributed by atoms with van der Waals surface area (Å²) in [6.07, 6.45) is 0. The number of carbonyl (C=O) groups excluding carboxylic acids is 1. The van der Waals surface area contributed by atoms with Crippen molar-refractivity contribution >= 4 is 5.91 Å². The predicted octanol–water partition coefficient (Wildman–Crippen LogP) is 3.23. The molecule has 0 bridgehead atoms. The van der Waals surface area contributed by atoms with Crippen molar-refractivity contribution in [1.29, 1.82) is 0 Å². The zero-order valence-electron chi connectivity index (χ0n) is 14.1. The van der Waals surface area contributed by atoms with Crippen LogP contribution in [-0.2, 0) is 21.7 Å². The molecule has 122 valence electrons. The van der Waals surface area contributed by atoms with Gasteiger partial charge in [0.15, 0.2) is 5.60 Å². The molecule has 0 heterocycles. The first-order valence-electron chi connectivity index (χ1n) is 7.51. The monoisotopic (exact) mass is 313 g/mol. The van der Waals surface area contributed by atoms with Crippen molar-refractivity contribution in [3.05, 3.63) is 64.7 Å². The number of rotatable bonds is 6. The van der Waals surface area contributed by atoms with Gasteiger partial charge >= 0.3 is 0 Å². The van der Waals surface area contributed by atoms with E-state index < -0.39 is 11.5 Å². The number of primary amides is 1. The lowest BCUT2D eigenvalue weighted by Gasteiger charge is -2.27. The molecule has 2 rings (SSSR count). The van der Waals surface area contributed by atoms with Crippen LogP contribution in [0.1, 0.15) is 29.2 Å². The van der Waals surface area contributed by atoms with E-state index in [0.29, 0.717) is 6.61 Å². The number of nitrogens with two attached hydrogens (primary N) is 1. The molecule has 0 aliphatic heterocycles. The largest absolute Gasteiger partial charge is 0.489 e. The van der Waals surface area contributed by atoms with Gasteiger partial charge < -0.3 is 15.2 Å². The Bertz CT molecular complexity index is 691. The normalized spacial score (nSPS) is 13.4. The molecule has 0 aromatic heterocycles. The van der Waals surface area contributed by atoms with Crippen molar-refractivity contribution in [1.82, 2.24) is 0 Å². The summed E-state index contributed by atoms with van der Waals surface area (Å²) in [4.78, 5) is 11.8. The molecule has 0 radical (unpaired) electrons. The highest BCUT2D eigenvalue weighted by Crippen LogP contribution is 2.28. The van der Waals surface area contributed by atoms with Gasteiger partial charge in [-0.3, -0.25) is 4.79 Å². The second kappa shape index (κ2) is 6.84. The fraction of sp³-hybridized carbons (Fsp3) is 0.316. The lowest BCUT2D eigenvalue weighted by Crippen LogP contribution is -2.41. The number of ether oxygens (including phenoxy) is 2. The van der Waals surface area contributed by atoms with E-state index in [2.05, 4.69) is 6.07 Å². The van der Waals surface area contributed by atoms with Gasteiger partial charge in [-0.2, -0.15) is 0 Å². The van der Waals surface area contributed by atoms with Crippen LogP contribution in [0.5, 0.6) is 5.75 Å². The number of benzene rings is 2. The lowest BCUT2D eigenvalue weighted by atomic mass is 9.91. The van der Waals surface area contributed by atoms with Gasteiger partial charge in [-0.25, -0.2) is 0 Å². The summed E-state index contributed by atoms with van der Waals surface area (Å²) in [5.74, 6) is 0.273. The number of hydrogen-bond acceptors (Lipinski definition) is 3. The van der Waals surface area contributed by atoms with E-state index in [-0.39, 0.29) is 0 Å². The average molecular weight is 313 g/mol. The number of amides is 1. The first-order chi connectivity index (χ1) is 10.9. The minimum atomic E-state index is -1.18. The van der Waals surface area contributed by atoms with E-state index in [1.807, 2.05) is 50.2 Å². The Labute approximate surface area is 137 Å². The molecule has 0 aliphatic rings. The van der Waals surface area contributed by atoms with Crippen molar-refractivity contribution in [2.24, 2.45) is 5.73 Å². The van der Waals surface area contributed by atoms with Crippen molar-refractivity contribution in [2.75, 3.05) is 7.11 Å². The molecular formula is C19H23NO3. The van der Waals surface area contributed by atoms with Crippen LogP contribution in [-0.4, -0.2) is 13.0 Å². The van der Waals surface area contributed by atoms with Gasteiger partial charge in [-0.05, 0) is 55.2 Å². The lowest BCUT2D eigenvalue weighted by molar-refractivity contribution is -0.139. The van der Waals surface area contributed by atoms with Crippen LogP contribution >= 0.6 is 0 Å². The van der Waals surface area contributed by atoms with Crippen LogP contribution in [0.15, 0.2) is 42.5 Å². The van der Waals surface area contributed by atoms with E-state index in [9.17, 15) is 4.79 Å². The molecule has 1 amide bonds. The molecular weight excluding hydrogens is 290 g/mol. The molecule has 2 N–H and O–H groups in total. The summed E-state index contributed by atoms with van der Waals surface area (Å²) in [5.41, 5.74) is 8.23. The summed E-state index contributed by atoms with van der Waals surface area (Å²) in [5, 5.41) is 0. The standard InChI is InChI=1S/C19H23NO3/c1-13-9-14(2)11-16(10-13)23-12-15-7-5-6-8-17(15)19(3,22-4)18(20)21/h5-11H,12H2,1-4H3,(H2,20,21). The van der Waals surface area contributed by atoms with Gasteiger partial charge in [-0.1, -0.05) is 30.3 Å². The summed E-state index contributed by atoms with van der Waals surface area (Å²) in [6, 6.07) is 13.6. The maximum absolute atomic E-state index is 11.8. The first kappa shape index (κ1) is 17.0. The molecule has 23 heavy (non-hydrogen) atoms. The van der Waals surface area contributed by atoms with E-state index in [1.165, 1.54) is 7.11 Å². The van der Waals surface area contributed by atoms with E-state index in [1.54, 1.807) is 6.92 Å². The van der Waals surface area contributed by atoms with Crippen LogP contribution in [0, 0.1) is 13.8 Å². The zero-order chi connectivity index (χ0) is 17.0. The Morgan fingerprint density at radius 3 is 2.30 bits per heavy atom. The molecule has 0 saturated carbocycles. The molecule has 0 fully saturated rings. The molecule has 2 aromatic carbocycles. The van der Waals surface area contributed by atoms with Gasteiger partial charge in [0.1, 0.15) is 12.4 Å². The Morgan fingerprint density at radius 2 is 1.74 bits per heavy atom. The maximum Gasteiger partial charge on any atom is 0.254 e. The molecule has 0 saturated heterocycles. The summed E-state index contributed by atoms with van der Waals surface area (Å²) in [7, 11) is 1.48. The molecule has 2 aromatic rings. The van der Waals surface area contributed by atoms with E-state index in [0.717, 1.165) is 28.0 Å². The van der Waals surface area contributed by atoms with Crippen molar-refractivity contribution in [2.45, 2.75) is 33.0 Å². The third kappa shape index (κ3) is 3.71. The van der Waals surface area contributed by atoms with Gasteiger partial charge in [-0.15, -0.1) is 0 Å². The smallest absolute Gasteiger partial charge is 0.254 e. The van der Waals surface area contributed by atoms with Crippen LogP contribution in [0.4, 0.5) is 0 Å². The summed E-state index contributed by atoms with van der Waals surface area (Å²) < 4.78 is 11.3. The quantitative estimate of drug-likeness (QED) is 0.890. The summed E-state index contributed by atoms with van der Waals surface area (Å²) in [6.45, 7) is 6.07. The minimum Gasteiger partial charge on any atom is -0.489 e. The number of aryl methyl sites for hydroxylation is 2. The Morgan fingerprint density at radius 1 is 1.13 bits per heavy atom. The number of carbonyl (C=O) groups is 1. The highest BCUT2D eigenvalue weighted by Gasteiger charge is 2.35. The highest BCUT2D eigenvalue weighted by molar-refractivity contribution is 5.85. The van der Waals surface area contributed by atoms with Crippen LogP contribution < -0.4 is 10.5 Å². The Kier molecular flexibility index (Phi) is 5.06. The van der Waals surface area contributed by atoms with Gasteiger partial charge in [0, 0.05) is 7.11 Å². The van der Waals surface area contributed by atoms with Crippen LogP contribution in [0.25, 0.3) is 0 Å². The van der Waals surface area contributed by atoms with Crippen LogP contribution in [0.2, 0.25) is 0 Å².